The molecular weight excluding hydrogens is 437 g/mol. The zero-order valence-electron chi connectivity index (χ0n) is 18.8. The van der Waals surface area contributed by atoms with Gasteiger partial charge in [0.2, 0.25) is 0 Å². The lowest BCUT2D eigenvalue weighted by Crippen LogP contribution is -2.54. The molecule has 1 aromatic heterocycles. The van der Waals surface area contributed by atoms with E-state index in [-0.39, 0.29) is 11.3 Å². The smallest absolute Gasteiger partial charge is 0.335 e. The summed E-state index contributed by atoms with van der Waals surface area (Å²) in [5.74, 6) is -0.930. The Balaban J connectivity index is 1.52. The first kappa shape index (κ1) is 23.0. The van der Waals surface area contributed by atoms with Gasteiger partial charge >= 0.3 is 6.03 Å². The van der Waals surface area contributed by atoms with Gasteiger partial charge in [-0.05, 0) is 60.0 Å². The van der Waals surface area contributed by atoms with E-state index in [1.165, 1.54) is 18.2 Å². The second-order valence-corrected chi connectivity index (χ2v) is 8.10. The highest BCUT2D eigenvalue weighted by molar-refractivity contribution is 6.39. The molecule has 34 heavy (non-hydrogen) atoms. The number of para-hydroxylation sites is 1. The minimum absolute atomic E-state index is 0.162. The number of amides is 4. The van der Waals surface area contributed by atoms with Crippen molar-refractivity contribution in [3.8, 4) is 5.75 Å². The number of hydrogen-bond acceptors (Lipinski definition) is 4. The summed E-state index contributed by atoms with van der Waals surface area (Å²) in [5.41, 5.74) is 1.69. The standard InChI is InChI=1S/C26H24FN3O4/c1-17(2)21-7-3-4-8-23(21)34-15-14-29-13-5-6-20(29)16-22-24(31)28-26(33)30(25(22)32)19-11-9-18(27)10-12-19/h3-13,16-17H,14-15H2,1-2H3,(H,28,31,33). The third-order valence-electron chi connectivity index (χ3n) is 5.47. The molecule has 4 rings (SSSR count). The molecule has 1 fully saturated rings. The minimum Gasteiger partial charge on any atom is -0.491 e. The number of rotatable bonds is 7. The van der Waals surface area contributed by atoms with Crippen LogP contribution in [0.2, 0.25) is 0 Å². The van der Waals surface area contributed by atoms with E-state index in [2.05, 4.69) is 19.2 Å². The molecule has 0 saturated carbocycles. The lowest BCUT2D eigenvalue weighted by molar-refractivity contribution is -0.122. The Morgan fingerprint density at radius 3 is 2.47 bits per heavy atom. The highest BCUT2D eigenvalue weighted by Crippen LogP contribution is 2.26. The number of halogens is 1. The molecule has 3 aromatic rings. The van der Waals surface area contributed by atoms with Crippen molar-refractivity contribution in [3.63, 3.8) is 0 Å². The van der Waals surface area contributed by atoms with Gasteiger partial charge in [-0.15, -0.1) is 0 Å². The minimum atomic E-state index is -0.883. The summed E-state index contributed by atoms with van der Waals surface area (Å²) in [5, 5.41) is 2.17. The van der Waals surface area contributed by atoms with Gasteiger partial charge in [0, 0.05) is 11.9 Å². The fraction of sp³-hybridized carbons (Fsp3) is 0.192. The van der Waals surface area contributed by atoms with Gasteiger partial charge in [0.15, 0.2) is 0 Å². The number of imide groups is 2. The summed E-state index contributed by atoms with van der Waals surface area (Å²) in [7, 11) is 0. The van der Waals surface area contributed by atoms with Crippen LogP contribution in [0.3, 0.4) is 0 Å². The number of nitrogens with one attached hydrogen (secondary N) is 1. The van der Waals surface area contributed by atoms with E-state index < -0.39 is 23.7 Å². The van der Waals surface area contributed by atoms with Crippen LogP contribution >= 0.6 is 0 Å². The highest BCUT2D eigenvalue weighted by atomic mass is 19.1. The molecule has 2 aromatic carbocycles. The molecule has 0 radical (unpaired) electrons. The number of carbonyl (C=O) groups is 3. The molecule has 0 aliphatic carbocycles. The Morgan fingerprint density at radius 1 is 1.00 bits per heavy atom. The number of hydrogen-bond donors (Lipinski definition) is 1. The predicted octanol–water partition coefficient (Wildman–Crippen LogP) is 4.50. The van der Waals surface area contributed by atoms with Gasteiger partial charge in [-0.1, -0.05) is 32.0 Å². The van der Waals surface area contributed by atoms with Crippen LogP contribution < -0.4 is 15.0 Å². The lowest BCUT2D eigenvalue weighted by Gasteiger charge is -2.26. The van der Waals surface area contributed by atoms with Gasteiger partial charge in [0.25, 0.3) is 11.8 Å². The van der Waals surface area contributed by atoms with E-state index in [1.54, 1.807) is 12.1 Å². The first-order valence-corrected chi connectivity index (χ1v) is 10.9. The van der Waals surface area contributed by atoms with E-state index >= 15 is 0 Å². The van der Waals surface area contributed by atoms with Gasteiger partial charge in [0.05, 0.1) is 12.2 Å². The first-order valence-electron chi connectivity index (χ1n) is 10.9. The lowest BCUT2D eigenvalue weighted by atomic mass is 10.0. The molecule has 0 bridgehead atoms. The normalized spacial score (nSPS) is 15.2. The van der Waals surface area contributed by atoms with Crippen molar-refractivity contribution in [1.29, 1.82) is 0 Å². The highest BCUT2D eigenvalue weighted by Gasteiger charge is 2.37. The summed E-state index contributed by atoms with van der Waals surface area (Å²) in [4.78, 5) is 38.6. The first-order chi connectivity index (χ1) is 16.3. The fourth-order valence-corrected chi connectivity index (χ4v) is 3.73. The number of aromatic nitrogens is 1. The summed E-state index contributed by atoms with van der Waals surface area (Å²) in [6.45, 7) is 5.07. The maximum Gasteiger partial charge on any atom is 0.335 e. The van der Waals surface area contributed by atoms with Crippen molar-refractivity contribution in [2.45, 2.75) is 26.3 Å². The molecular formula is C26H24FN3O4. The molecule has 1 N–H and O–H groups in total. The number of carbonyl (C=O) groups excluding carboxylic acids is 3. The summed E-state index contributed by atoms with van der Waals surface area (Å²) in [6, 6.07) is 15.4. The van der Waals surface area contributed by atoms with Gasteiger partial charge in [-0.2, -0.15) is 0 Å². The average Bonchev–Trinajstić information content (AvgIpc) is 3.25. The SMILES string of the molecule is CC(C)c1ccccc1OCCn1cccc1C=C1C(=O)NC(=O)N(c2ccc(F)cc2)C1=O. The number of urea groups is 1. The Bertz CT molecular complexity index is 1260. The molecule has 4 amide bonds. The molecule has 0 unspecified atom stereocenters. The van der Waals surface area contributed by atoms with Crippen LogP contribution in [-0.2, 0) is 16.1 Å². The molecule has 1 aliphatic heterocycles. The van der Waals surface area contributed by atoms with E-state index in [0.717, 1.165) is 28.3 Å². The molecule has 0 atom stereocenters. The molecule has 174 valence electrons. The summed E-state index contributed by atoms with van der Waals surface area (Å²) >= 11 is 0. The van der Waals surface area contributed by atoms with Crippen LogP contribution in [0.1, 0.15) is 31.0 Å². The van der Waals surface area contributed by atoms with Crippen LogP contribution in [0.5, 0.6) is 5.75 Å². The topological polar surface area (TPSA) is 80.6 Å². The zero-order valence-corrected chi connectivity index (χ0v) is 18.8. The Morgan fingerprint density at radius 2 is 1.74 bits per heavy atom. The van der Waals surface area contributed by atoms with E-state index in [4.69, 9.17) is 4.74 Å². The van der Waals surface area contributed by atoms with E-state index in [9.17, 15) is 18.8 Å². The maximum absolute atomic E-state index is 13.3. The second kappa shape index (κ2) is 9.74. The average molecular weight is 461 g/mol. The zero-order chi connectivity index (χ0) is 24.2. The molecule has 0 spiro atoms. The van der Waals surface area contributed by atoms with Crippen molar-refractivity contribution in [3.05, 3.63) is 89.5 Å². The van der Waals surface area contributed by atoms with Crippen LogP contribution in [0.4, 0.5) is 14.9 Å². The molecule has 2 heterocycles. The van der Waals surface area contributed by atoms with Crippen molar-refractivity contribution in [2.24, 2.45) is 0 Å². The molecule has 1 saturated heterocycles. The molecule has 8 heteroatoms. The van der Waals surface area contributed by atoms with Crippen LogP contribution in [0.25, 0.3) is 6.08 Å². The third kappa shape index (κ3) is 4.76. The Kier molecular flexibility index (Phi) is 6.58. The van der Waals surface area contributed by atoms with E-state index in [1.807, 2.05) is 35.0 Å². The van der Waals surface area contributed by atoms with Crippen LogP contribution in [0, 0.1) is 5.82 Å². The number of nitrogens with zero attached hydrogens (tertiary/aromatic N) is 2. The van der Waals surface area contributed by atoms with Crippen LogP contribution in [-0.4, -0.2) is 29.0 Å². The van der Waals surface area contributed by atoms with Crippen molar-refractivity contribution in [1.82, 2.24) is 9.88 Å². The fourth-order valence-electron chi connectivity index (χ4n) is 3.73. The Labute approximate surface area is 196 Å². The quantitative estimate of drug-likeness (QED) is 0.415. The molecule has 7 nitrogen and oxygen atoms in total. The summed E-state index contributed by atoms with van der Waals surface area (Å²) < 4.78 is 21.1. The van der Waals surface area contributed by atoms with Crippen molar-refractivity contribution >= 4 is 29.6 Å². The number of ether oxygens (including phenoxy) is 1. The number of anilines is 1. The van der Waals surface area contributed by atoms with Crippen molar-refractivity contribution < 1.29 is 23.5 Å². The van der Waals surface area contributed by atoms with E-state index in [0.29, 0.717) is 24.8 Å². The maximum atomic E-state index is 13.3. The number of barbiturate groups is 1. The summed E-state index contributed by atoms with van der Waals surface area (Å²) in [6.07, 6.45) is 3.25. The third-order valence-corrected chi connectivity index (χ3v) is 5.47. The van der Waals surface area contributed by atoms with Gasteiger partial charge in [-0.3, -0.25) is 14.9 Å². The number of benzene rings is 2. The van der Waals surface area contributed by atoms with Crippen LogP contribution in [0.15, 0.2) is 72.4 Å². The van der Waals surface area contributed by atoms with Crippen molar-refractivity contribution in [2.75, 3.05) is 11.5 Å². The van der Waals surface area contributed by atoms with Gasteiger partial charge < -0.3 is 9.30 Å². The predicted molar refractivity (Wildman–Crippen MR) is 126 cm³/mol. The molecule has 1 aliphatic rings. The monoisotopic (exact) mass is 461 g/mol. The van der Waals surface area contributed by atoms with Gasteiger partial charge in [-0.25, -0.2) is 14.1 Å². The largest absolute Gasteiger partial charge is 0.491 e. The van der Waals surface area contributed by atoms with Gasteiger partial charge in [0.1, 0.15) is 23.7 Å². The Hall–Kier alpha value is -4.20. The second-order valence-electron chi connectivity index (χ2n) is 8.10.